The molecule has 7 heteroatoms. The molecule has 1 aromatic rings. The van der Waals surface area contributed by atoms with Crippen molar-refractivity contribution in [2.45, 2.75) is 6.92 Å². The maximum atomic E-state index is 9.57. The Balaban J connectivity index is 1.83. The molecule has 0 amide bonds. The molecular formula is C17H25N5O2. The van der Waals surface area contributed by atoms with Gasteiger partial charge in [0.15, 0.2) is 0 Å². The summed E-state index contributed by atoms with van der Waals surface area (Å²) in [5, 5.41) is 18.6. The van der Waals surface area contributed by atoms with E-state index in [-0.39, 0.29) is 6.61 Å². The van der Waals surface area contributed by atoms with E-state index in [1.807, 2.05) is 13.0 Å². The number of aryl methyl sites for hydroxylation is 1. The number of ether oxygens (including phenoxy) is 1. The van der Waals surface area contributed by atoms with Gasteiger partial charge in [0.2, 0.25) is 0 Å². The number of aliphatic hydroxyl groups is 1. The number of piperazine rings is 1. The van der Waals surface area contributed by atoms with E-state index < -0.39 is 0 Å². The van der Waals surface area contributed by atoms with Crippen LogP contribution in [0.4, 0.5) is 11.6 Å². The van der Waals surface area contributed by atoms with Gasteiger partial charge in [0.05, 0.1) is 25.4 Å². The average Bonchev–Trinajstić information content (AvgIpc) is 2.63. The van der Waals surface area contributed by atoms with Gasteiger partial charge in [0.25, 0.3) is 0 Å². The van der Waals surface area contributed by atoms with Gasteiger partial charge in [-0.1, -0.05) is 0 Å². The molecule has 0 aliphatic carbocycles. The standard InChI is InChI=1S/C17H25N5O2/c1-14-12-16(21-7-10-24-11-8-21)19-17(15(14)13-18)22-4-2-20(3-5-22)6-9-23/h12,23H,2-11H2,1H3. The lowest BCUT2D eigenvalue weighted by atomic mass is 10.1. The fraction of sp³-hybridized carbons (Fsp3) is 0.647. The molecule has 7 nitrogen and oxygen atoms in total. The van der Waals surface area contributed by atoms with E-state index in [9.17, 15) is 5.26 Å². The van der Waals surface area contributed by atoms with E-state index in [0.29, 0.717) is 12.1 Å². The van der Waals surface area contributed by atoms with Crippen LogP contribution in [-0.4, -0.2) is 80.6 Å². The Hall–Kier alpha value is -1.88. The van der Waals surface area contributed by atoms with Gasteiger partial charge in [-0.05, 0) is 18.6 Å². The van der Waals surface area contributed by atoms with Gasteiger partial charge >= 0.3 is 0 Å². The van der Waals surface area contributed by atoms with Crippen molar-refractivity contribution >= 4 is 11.6 Å². The smallest absolute Gasteiger partial charge is 0.149 e. The Morgan fingerprint density at radius 3 is 2.50 bits per heavy atom. The first-order valence-electron chi connectivity index (χ1n) is 8.55. The molecule has 0 saturated carbocycles. The molecule has 0 unspecified atom stereocenters. The third kappa shape index (κ3) is 3.61. The number of aromatic nitrogens is 1. The molecule has 24 heavy (non-hydrogen) atoms. The molecule has 1 aromatic heterocycles. The molecule has 1 N–H and O–H groups in total. The fourth-order valence-electron chi connectivity index (χ4n) is 3.29. The molecular weight excluding hydrogens is 306 g/mol. The number of anilines is 2. The summed E-state index contributed by atoms with van der Waals surface area (Å²) in [5.41, 5.74) is 1.64. The summed E-state index contributed by atoms with van der Waals surface area (Å²) in [6.07, 6.45) is 0. The van der Waals surface area contributed by atoms with Crippen LogP contribution < -0.4 is 9.80 Å². The van der Waals surface area contributed by atoms with E-state index in [0.717, 1.165) is 69.7 Å². The van der Waals surface area contributed by atoms with Crippen LogP contribution in [0.3, 0.4) is 0 Å². The Bertz CT molecular complexity index is 602. The predicted molar refractivity (Wildman–Crippen MR) is 92.5 cm³/mol. The number of β-amino-alcohol motifs (C(OH)–C–C–N with tert-alkyl or cyclic N) is 1. The van der Waals surface area contributed by atoms with Crippen LogP contribution in [0.2, 0.25) is 0 Å². The third-order valence-electron chi connectivity index (χ3n) is 4.72. The topological polar surface area (TPSA) is 75.9 Å². The maximum absolute atomic E-state index is 9.57. The van der Waals surface area contributed by atoms with Gasteiger partial charge < -0.3 is 19.6 Å². The van der Waals surface area contributed by atoms with Crippen molar-refractivity contribution in [3.63, 3.8) is 0 Å². The number of aliphatic hydroxyl groups excluding tert-OH is 1. The van der Waals surface area contributed by atoms with Crippen LogP contribution in [0, 0.1) is 18.3 Å². The van der Waals surface area contributed by atoms with E-state index >= 15 is 0 Å². The second-order valence-corrected chi connectivity index (χ2v) is 6.26. The van der Waals surface area contributed by atoms with Crippen molar-refractivity contribution in [3.8, 4) is 6.07 Å². The van der Waals surface area contributed by atoms with Crippen molar-refractivity contribution < 1.29 is 9.84 Å². The average molecular weight is 331 g/mol. The molecule has 130 valence electrons. The lowest BCUT2D eigenvalue weighted by Gasteiger charge is -2.36. The summed E-state index contributed by atoms with van der Waals surface area (Å²) < 4.78 is 5.42. The van der Waals surface area contributed by atoms with Crippen LogP contribution in [0.25, 0.3) is 0 Å². The number of nitriles is 1. The number of hydrogen-bond acceptors (Lipinski definition) is 7. The zero-order chi connectivity index (χ0) is 16.9. The Morgan fingerprint density at radius 2 is 1.88 bits per heavy atom. The molecule has 2 aliphatic rings. The second-order valence-electron chi connectivity index (χ2n) is 6.26. The Kier molecular flexibility index (Phi) is 5.51. The maximum Gasteiger partial charge on any atom is 0.149 e. The van der Waals surface area contributed by atoms with Crippen LogP contribution in [0.5, 0.6) is 0 Å². The van der Waals surface area contributed by atoms with Gasteiger partial charge in [-0.25, -0.2) is 4.98 Å². The zero-order valence-corrected chi connectivity index (χ0v) is 14.2. The number of rotatable bonds is 4. The lowest BCUT2D eigenvalue weighted by Crippen LogP contribution is -2.48. The molecule has 3 rings (SSSR count). The minimum Gasteiger partial charge on any atom is -0.395 e. The van der Waals surface area contributed by atoms with E-state index in [1.165, 1.54) is 0 Å². The second kappa shape index (κ2) is 7.79. The first-order valence-corrected chi connectivity index (χ1v) is 8.55. The number of morpholine rings is 1. The zero-order valence-electron chi connectivity index (χ0n) is 14.2. The van der Waals surface area contributed by atoms with Crippen molar-refractivity contribution in [1.82, 2.24) is 9.88 Å². The normalized spacial score (nSPS) is 19.4. The van der Waals surface area contributed by atoms with Crippen molar-refractivity contribution in [1.29, 1.82) is 5.26 Å². The molecule has 0 atom stereocenters. The summed E-state index contributed by atoms with van der Waals surface area (Å²) in [7, 11) is 0. The molecule has 2 fully saturated rings. The highest BCUT2D eigenvalue weighted by molar-refractivity contribution is 5.63. The fourth-order valence-corrected chi connectivity index (χ4v) is 3.29. The highest BCUT2D eigenvalue weighted by Crippen LogP contribution is 2.27. The molecule has 0 bridgehead atoms. The van der Waals surface area contributed by atoms with Gasteiger partial charge in [0, 0.05) is 45.8 Å². The monoisotopic (exact) mass is 331 g/mol. The minimum atomic E-state index is 0.188. The quantitative estimate of drug-likeness (QED) is 0.845. The first kappa shape index (κ1) is 17.0. The van der Waals surface area contributed by atoms with Crippen molar-refractivity contribution in [2.24, 2.45) is 0 Å². The molecule has 3 heterocycles. The van der Waals surface area contributed by atoms with Crippen LogP contribution in [0.15, 0.2) is 6.07 Å². The molecule has 0 spiro atoms. The summed E-state index contributed by atoms with van der Waals surface area (Å²) >= 11 is 0. The Labute approximate surface area is 143 Å². The number of pyridine rings is 1. The molecule has 2 saturated heterocycles. The van der Waals surface area contributed by atoms with E-state index in [2.05, 4.69) is 20.8 Å². The van der Waals surface area contributed by atoms with Crippen LogP contribution in [-0.2, 0) is 4.74 Å². The highest BCUT2D eigenvalue weighted by atomic mass is 16.5. The van der Waals surface area contributed by atoms with Gasteiger partial charge in [-0.3, -0.25) is 4.90 Å². The number of hydrogen-bond donors (Lipinski definition) is 1. The molecule has 0 radical (unpaired) electrons. The van der Waals surface area contributed by atoms with Crippen molar-refractivity contribution in [3.05, 3.63) is 17.2 Å². The summed E-state index contributed by atoms with van der Waals surface area (Å²) in [6.45, 7) is 9.40. The third-order valence-corrected chi connectivity index (χ3v) is 4.72. The van der Waals surface area contributed by atoms with Gasteiger partial charge in [-0.15, -0.1) is 0 Å². The SMILES string of the molecule is Cc1cc(N2CCOCC2)nc(N2CCN(CCO)CC2)c1C#N. The molecule has 0 aromatic carbocycles. The predicted octanol–water partition coefficient (Wildman–Crippen LogP) is 0.213. The Morgan fingerprint density at radius 1 is 1.17 bits per heavy atom. The summed E-state index contributed by atoms with van der Waals surface area (Å²) in [6, 6.07) is 4.34. The summed E-state index contributed by atoms with van der Waals surface area (Å²) in [5.74, 6) is 1.73. The first-order chi connectivity index (χ1) is 11.7. The van der Waals surface area contributed by atoms with Gasteiger partial charge in [-0.2, -0.15) is 5.26 Å². The minimum absolute atomic E-state index is 0.188. The van der Waals surface area contributed by atoms with Gasteiger partial charge in [0.1, 0.15) is 17.7 Å². The van der Waals surface area contributed by atoms with E-state index in [1.54, 1.807) is 0 Å². The molecule has 2 aliphatic heterocycles. The summed E-state index contributed by atoms with van der Waals surface area (Å²) in [4.78, 5) is 11.5. The van der Waals surface area contributed by atoms with Crippen molar-refractivity contribution in [2.75, 3.05) is 75.4 Å². The largest absolute Gasteiger partial charge is 0.395 e. The van der Waals surface area contributed by atoms with Crippen LogP contribution >= 0.6 is 0 Å². The van der Waals surface area contributed by atoms with E-state index in [4.69, 9.17) is 14.8 Å². The highest BCUT2D eigenvalue weighted by Gasteiger charge is 2.23. The lowest BCUT2D eigenvalue weighted by molar-refractivity contribution is 0.122. The van der Waals surface area contributed by atoms with Crippen LogP contribution in [0.1, 0.15) is 11.1 Å². The number of nitrogens with zero attached hydrogens (tertiary/aromatic N) is 5.